The fourth-order valence-electron chi connectivity index (χ4n) is 6.99. The lowest BCUT2D eigenvalue weighted by atomic mass is 9.97. The van der Waals surface area contributed by atoms with Crippen molar-refractivity contribution in [2.24, 2.45) is 0 Å². The molecular weight excluding hydrogens is 546 g/mol. The van der Waals surface area contributed by atoms with Crippen molar-refractivity contribution >= 4 is 17.3 Å². The summed E-state index contributed by atoms with van der Waals surface area (Å²) < 4.78 is 27.9. The Morgan fingerprint density at radius 2 is 1.47 bits per heavy atom. The van der Waals surface area contributed by atoms with Crippen LogP contribution < -0.4 is 9.80 Å². The fraction of sp³-hybridized carbons (Fsp3) is 0.382. The minimum atomic E-state index is -1.03. The van der Waals surface area contributed by atoms with E-state index in [0.29, 0.717) is 29.9 Å². The van der Waals surface area contributed by atoms with Crippen molar-refractivity contribution in [1.82, 2.24) is 9.80 Å². The van der Waals surface area contributed by atoms with Gasteiger partial charge in [-0.25, -0.2) is 8.78 Å². The topological polar surface area (TPSA) is 77.6 Å². The van der Waals surface area contributed by atoms with Gasteiger partial charge in [-0.3, -0.25) is 9.69 Å². The van der Waals surface area contributed by atoms with E-state index in [0.717, 1.165) is 80.1 Å². The molecule has 9 heteroatoms. The summed E-state index contributed by atoms with van der Waals surface area (Å²) in [6.45, 7) is 9.13. The molecule has 3 saturated heterocycles. The summed E-state index contributed by atoms with van der Waals surface area (Å²) in [5, 5.41) is 19.0. The van der Waals surface area contributed by atoms with E-state index in [4.69, 9.17) is 0 Å². The summed E-state index contributed by atoms with van der Waals surface area (Å²) in [7, 11) is 0. The van der Waals surface area contributed by atoms with E-state index >= 15 is 0 Å². The van der Waals surface area contributed by atoms with Gasteiger partial charge >= 0.3 is 0 Å². The van der Waals surface area contributed by atoms with Crippen molar-refractivity contribution in [1.29, 1.82) is 10.5 Å². The lowest BCUT2D eigenvalue weighted by molar-refractivity contribution is 0.0640. The van der Waals surface area contributed by atoms with Crippen molar-refractivity contribution in [3.05, 3.63) is 93.5 Å². The first kappa shape index (κ1) is 28.6. The number of para-hydroxylation sites is 1. The molecule has 2 bridgehead atoms. The maximum absolute atomic E-state index is 14.1. The number of carbonyl (C=O) groups is 1. The maximum Gasteiger partial charge on any atom is 0.254 e. The highest BCUT2D eigenvalue weighted by molar-refractivity contribution is 5.97. The molecule has 0 spiro atoms. The predicted molar refractivity (Wildman–Crippen MR) is 161 cm³/mol. The third-order valence-corrected chi connectivity index (χ3v) is 9.26. The minimum Gasteiger partial charge on any atom is -0.368 e. The van der Waals surface area contributed by atoms with Gasteiger partial charge in [0.15, 0.2) is 11.6 Å². The van der Waals surface area contributed by atoms with E-state index in [1.807, 2.05) is 47.1 Å². The molecule has 0 aromatic heterocycles. The van der Waals surface area contributed by atoms with Crippen LogP contribution in [0.5, 0.6) is 0 Å². The van der Waals surface area contributed by atoms with Gasteiger partial charge < -0.3 is 14.7 Å². The molecule has 7 nitrogen and oxygen atoms in total. The van der Waals surface area contributed by atoms with Crippen molar-refractivity contribution in [2.45, 2.75) is 45.3 Å². The molecule has 0 N–H and O–H groups in total. The first-order valence-corrected chi connectivity index (χ1v) is 14.8. The second-order valence-electron chi connectivity index (χ2n) is 11.9. The van der Waals surface area contributed by atoms with Crippen LogP contribution in [0.4, 0.5) is 20.2 Å². The third kappa shape index (κ3) is 5.42. The number of amides is 1. The van der Waals surface area contributed by atoms with E-state index < -0.39 is 11.6 Å². The summed E-state index contributed by atoms with van der Waals surface area (Å²) in [5.41, 5.74) is 6.09. The monoisotopic (exact) mass is 580 g/mol. The largest absolute Gasteiger partial charge is 0.368 e. The number of nitriles is 2. The molecule has 0 saturated carbocycles. The van der Waals surface area contributed by atoms with Gasteiger partial charge in [-0.2, -0.15) is 10.5 Å². The quantitative estimate of drug-likeness (QED) is 0.416. The van der Waals surface area contributed by atoms with Gasteiger partial charge in [-0.05, 0) is 67.6 Å². The number of aryl methyl sites for hydroxylation is 2. The first-order valence-electron chi connectivity index (χ1n) is 14.8. The molecule has 6 rings (SSSR count). The normalized spacial score (nSPS) is 20.2. The Bertz CT molecular complexity index is 1640. The molecular formula is C34H34F2N6O. The van der Waals surface area contributed by atoms with Crippen molar-refractivity contribution in [2.75, 3.05) is 49.1 Å². The van der Waals surface area contributed by atoms with Crippen LogP contribution in [0, 0.1) is 48.1 Å². The maximum atomic E-state index is 14.1. The Kier molecular flexibility index (Phi) is 7.77. The van der Waals surface area contributed by atoms with Gasteiger partial charge in [0.2, 0.25) is 0 Å². The molecule has 3 fully saturated rings. The van der Waals surface area contributed by atoms with E-state index in [1.54, 1.807) is 0 Å². The number of halogens is 2. The summed E-state index contributed by atoms with van der Waals surface area (Å²) in [4.78, 5) is 22.6. The van der Waals surface area contributed by atoms with Crippen molar-refractivity contribution < 1.29 is 13.6 Å². The standard InChI is InChI=1S/C34H34F2N6O/c1-22-13-23(2)29(14-26(22)19-39-9-11-40(12-10-39)32-6-4-3-5-24(32)17-37)34(43)42-27-7-8-28(42)21-41(20-27)33-16-31(36)30(35)15-25(33)18-38/h3-6,13-16,27-28H,7-12,19-21H2,1-2H3. The number of fused-ring (bicyclic) bond motifs is 2. The number of hydrogen-bond acceptors (Lipinski definition) is 6. The first-order chi connectivity index (χ1) is 20.8. The highest BCUT2D eigenvalue weighted by Crippen LogP contribution is 2.36. The molecule has 3 aromatic rings. The molecule has 43 heavy (non-hydrogen) atoms. The van der Waals surface area contributed by atoms with Crippen LogP contribution in [0.15, 0.2) is 48.5 Å². The highest BCUT2D eigenvalue weighted by Gasteiger charge is 2.43. The number of carbonyl (C=O) groups excluding carboxylic acids is 1. The minimum absolute atomic E-state index is 0.00891. The average Bonchev–Trinajstić information content (AvgIpc) is 3.28. The lowest BCUT2D eigenvalue weighted by Gasteiger charge is -2.42. The molecule has 1 amide bonds. The number of piperazine rings is 2. The smallest absolute Gasteiger partial charge is 0.254 e. The Balaban J connectivity index is 1.16. The second kappa shape index (κ2) is 11.7. The molecule has 220 valence electrons. The number of anilines is 2. The van der Waals surface area contributed by atoms with Gasteiger partial charge in [-0.1, -0.05) is 18.2 Å². The van der Waals surface area contributed by atoms with Crippen molar-refractivity contribution in [3.63, 3.8) is 0 Å². The predicted octanol–water partition coefficient (Wildman–Crippen LogP) is 5.14. The molecule has 0 aliphatic carbocycles. The Hall–Kier alpha value is -4.47. The van der Waals surface area contributed by atoms with Crippen LogP contribution in [0.2, 0.25) is 0 Å². The van der Waals surface area contributed by atoms with Crippen LogP contribution in [-0.2, 0) is 6.54 Å². The van der Waals surface area contributed by atoms with Gasteiger partial charge in [0, 0.05) is 69.5 Å². The van der Waals surface area contributed by atoms with Crippen LogP contribution in [0.25, 0.3) is 0 Å². The van der Waals surface area contributed by atoms with Gasteiger partial charge in [0.05, 0.1) is 22.5 Å². The molecule has 0 radical (unpaired) electrons. The van der Waals surface area contributed by atoms with Crippen LogP contribution >= 0.6 is 0 Å². The third-order valence-electron chi connectivity index (χ3n) is 9.26. The number of hydrogen-bond donors (Lipinski definition) is 0. The zero-order valence-corrected chi connectivity index (χ0v) is 24.5. The summed E-state index contributed by atoms with van der Waals surface area (Å²) in [6.07, 6.45) is 1.66. The molecule has 2 unspecified atom stereocenters. The van der Waals surface area contributed by atoms with E-state index in [2.05, 4.69) is 34.9 Å². The lowest BCUT2D eigenvalue weighted by Crippen LogP contribution is -2.56. The second-order valence-corrected chi connectivity index (χ2v) is 11.9. The molecule has 3 heterocycles. The highest BCUT2D eigenvalue weighted by atomic mass is 19.2. The van der Waals surface area contributed by atoms with E-state index in [1.165, 1.54) is 0 Å². The Labute approximate surface area is 251 Å². The number of rotatable bonds is 5. The van der Waals surface area contributed by atoms with Gasteiger partial charge in [0.25, 0.3) is 5.91 Å². The zero-order valence-electron chi connectivity index (χ0n) is 24.5. The van der Waals surface area contributed by atoms with Crippen LogP contribution in [0.3, 0.4) is 0 Å². The van der Waals surface area contributed by atoms with Gasteiger partial charge in [0.1, 0.15) is 12.1 Å². The Morgan fingerprint density at radius 3 is 2.14 bits per heavy atom. The summed E-state index contributed by atoms with van der Waals surface area (Å²) >= 11 is 0. The average molecular weight is 581 g/mol. The van der Waals surface area contributed by atoms with E-state index in [-0.39, 0.29) is 23.6 Å². The summed E-state index contributed by atoms with van der Waals surface area (Å²) in [6, 6.07) is 18.1. The Morgan fingerprint density at radius 1 is 0.814 bits per heavy atom. The summed E-state index contributed by atoms with van der Waals surface area (Å²) in [5.74, 6) is -2.00. The number of benzene rings is 3. The fourth-order valence-corrected chi connectivity index (χ4v) is 6.99. The van der Waals surface area contributed by atoms with E-state index in [9.17, 15) is 24.1 Å². The van der Waals surface area contributed by atoms with Crippen LogP contribution in [-0.4, -0.2) is 67.1 Å². The molecule has 3 aliphatic heterocycles. The molecule has 3 aromatic carbocycles. The molecule has 3 aliphatic rings. The van der Waals surface area contributed by atoms with Crippen molar-refractivity contribution in [3.8, 4) is 12.1 Å². The SMILES string of the molecule is Cc1cc(C)c(C(=O)N2C3CCC2CN(c2cc(F)c(F)cc2C#N)C3)cc1CN1CCN(c2ccccc2C#N)CC1. The number of nitrogens with zero attached hydrogens (tertiary/aromatic N) is 6. The zero-order chi connectivity index (χ0) is 30.2. The van der Waals surface area contributed by atoms with Crippen LogP contribution in [0.1, 0.15) is 51.0 Å². The van der Waals surface area contributed by atoms with Gasteiger partial charge in [-0.15, -0.1) is 0 Å². The molecule has 2 atom stereocenters.